The summed E-state index contributed by atoms with van der Waals surface area (Å²) in [5.41, 5.74) is 2.00. The Morgan fingerprint density at radius 2 is 1.32 bits per heavy atom. The molecule has 4 rings (SSSR count). The van der Waals surface area contributed by atoms with Crippen LogP contribution in [0, 0.1) is 0 Å². The predicted octanol–water partition coefficient (Wildman–Crippen LogP) is 6.59. The Kier molecular flexibility index (Phi) is 4.76. The molecule has 0 saturated heterocycles. The van der Waals surface area contributed by atoms with E-state index >= 15 is 0 Å². The highest BCUT2D eigenvalue weighted by Crippen LogP contribution is 2.34. The van der Waals surface area contributed by atoms with Crippen LogP contribution in [0.1, 0.15) is 13.8 Å². The van der Waals surface area contributed by atoms with Crippen molar-refractivity contribution < 1.29 is 0 Å². The molecule has 1 aliphatic rings. The van der Waals surface area contributed by atoms with Crippen molar-refractivity contribution in [2.75, 3.05) is 0 Å². The maximum atomic E-state index is 4.44. The van der Waals surface area contributed by atoms with Crippen LogP contribution in [-0.4, -0.2) is 11.9 Å². The summed E-state index contributed by atoms with van der Waals surface area (Å²) in [6, 6.07) is 21.5. The van der Waals surface area contributed by atoms with Crippen LogP contribution >= 0.6 is 0 Å². The molecule has 0 aromatic heterocycles. The van der Waals surface area contributed by atoms with E-state index in [1.165, 1.54) is 0 Å². The highest BCUT2D eigenvalue weighted by atomic mass is 15.3. The van der Waals surface area contributed by atoms with E-state index in [-0.39, 0.29) is 5.66 Å². The fraction of sp³-hybridized carbons (Fsp3) is 0.136. The Hall–Kier alpha value is -3.67. The van der Waals surface area contributed by atoms with Gasteiger partial charge in [0.2, 0.25) is 0 Å². The zero-order valence-corrected chi connectivity index (χ0v) is 15.7. The van der Waals surface area contributed by atoms with Crippen LogP contribution in [-0.2, 0) is 0 Å². The number of nitrogens with one attached hydrogen (secondary N) is 1. The summed E-state index contributed by atoms with van der Waals surface area (Å²) in [4.78, 5) is 4.34. The van der Waals surface area contributed by atoms with Crippen LogP contribution in [0.5, 0.6) is 0 Å². The summed E-state index contributed by atoms with van der Waals surface area (Å²) in [6.07, 6.45) is 3.55. The molecular formula is C22H20N6. The van der Waals surface area contributed by atoms with Crippen molar-refractivity contribution in [3.63, 3.8) is 0 Å². The Bertz CT molecular complexity index is 1110. The molecule has 1 aliphatic heterocycles. The normalized spacial score (nSPS) is 15.9. The first-order valence-corrected chi connectivity index (χ1v) is 9.05. The number of benzene rings is 3. The topological polar surface area (TPSA) is 73.8 Å². The summed E-state index contributed by atoms with van der Waals surface area (Å²) in [5.74, 6) is 0.678. The maximum Gasteiger partial charge on any atom is 0.151 e. The van der Waals surface area contributed by atoms with E-state index in [0.29, 0.717) is 5.82 Å². The van der Waals surface area contributed by atoms with Gasteiger partial charge in [0.1, 0.15) is 5.66 Å². The van der Waals surface area contributed by atoms with E-state index in [1.54, 1.807) is 12.3 Å². The SMILES string of the molecule is CC1(C)N=CC=C(N=Nc2ccc(N=Nc3ccccc3)c3ccccc23)N1. The van der Waals surface area contributed by atoms with Gasteiger partial charge in [-0.05, 0) is 38.1 Å². The molecule has 1 N–H and O–H groups in total. The van der Waals surface area contributed by atoms with Crippen molar-refractivity contribution in [1.82, 2.24) is 5.32 Å². The largest absolute Gasteiger partial charge is 0.345 e. The number of fused-ring (bicyclic) bond motifs is 1. The Labute approximate surface area is 163 Å². The first-order chi connectivity index (χ1) is 13.6. The quantitative estimate of drug-likeness (QED) is 0.518. The summed E-state index contributed by atoms with van der Waals surface area (Å²) in [6.45, 7) is 3.96. The molecule has 6 heteroatoms. The van der Waals surface area contributed by atoms with Crippen molar-refractivity contribution in [3.8, 4) is 0 Å². The van der Waals surface area contributed by atoms with Gasteiger partial charge in [-0.15, -0.1) is 15.3 Å². The van der Waals surface area contributed by atoms with Crippen LogP contribution < -0.4 is 5.32 Å². The number of aliphatic imine (C=N–C) groups is 1. The number of rotatable bonds is 4. The van der Waals surface area contributed by atoms with Crippen LogP contribution in [0.15, 0.2) is 104 Å². The molecule has 0 bridgehead atoms. The zero-order valence-electron chi connectivity index (χ0n) is 15.7. The van der Waals surface area contributed by atoms with Crippen molar-refractivity contribution in [2.24, 2.45) is 25.4 Å². The monoisotopic (exact) mass is 368 g/mol. The third-order valence-electron chi connectivity index (χ3n) is 4.24. The van der Waals surface area contributed by atoms with Gasteiger partial charge in [-0.2, -0.15) is 5.11 Å². The summed E-state index contributed by atoms with van der Waals surface area (Å²) in [5, 5.41) is 22.7. The van der Waals surface area contributed by atoms with E-state index < -0.39 is 0 Å². The number of hydrogen-bond acceptors (Lipinski definition) is 6. The molecule has 6 nitrogen and oxygen atoms in total. The van der Waals surface area contributed by atoms with Crippen molar-refractivity contribution in [1.29, 1.82) is 0 Å². The summed E-state index contributed by atoms with van der Waals surface area (Å²) in [7, 11) is 0. The maximum absolute atomic E-state index is 4.44. The Balaban J connectivity index is 1.66. The molecule has 0 unspecified atom stereocenters. The van der Waals surface area contributed by atoms with E-state index in [1.807, 2.05) is 80.6 Å². The van der Waals surface area contributed by atoms with Gasteiger partial charge in [0.15, 0.2) is 5.82 Å². The number of allylic oxidation sites excluding steroid dienone is 1. The molecule has 28 heavy (non-hydrogen) atoms. The van der Waals surface area contributed by atoms with E-state index in [2.05, 4.69) is 30.8 Å². The van der Waals surface area contributed by atoms with Crippen molar-refractivity contribution in [2.45, 2.75) is 19.5 Å². The van der Waals surface area contributed by atoms with Crippen molar-refractivity contribution >= 4 is 34.0 Å². The molecule has 3 aromatic rings. The lowest BCUT2D eigenvalue weighted by molar-refractivity contribution is 0.443. The molecule has 0 amide bonds. The molecule has 138 valence electrons. The molecule has 3 aromatic carbocycles. The first kappa shape index (κ1) is 17.7. The van der Waals surface area contributed by atoms with Gasteiger partial charge in [-0.25, -0.2) is 0 Å². The van der Waals surface area contributed by atoms with Crippen LogP contribution in [0.25, 0.3) is 10.8 Å². The molecule has 0 spiro atoms. The van der Waals surface area contributed by atoms with E-state index in [0.717, 1.165) is 27.8 Å². The molecule has 0 saturated carbocycles. The minimum atomic E-state index is -0.382. The highest BCUT2D eigenvalue weighted by Gasteiger charge is 2.18. The number of azo groups is 2. The van der Waals surface area contributed by atoms with Gasteiger partial charge in [0.05, 0.1) is 17.1 Å². The van der Waals surface area contributed by atoms with Gasteiger partial charge in [0, 0.05) is 23.1 Å². The third kappa shape index (κ3) is 4.01. The first-order valence-electron chi connectivity index (χ1n) is 9.05. The second kappa shape index (κ2) is 7.52. The van der Waals surface area contributed by atoms with Crippen LogP contribution in [0.3, 0.4) is 0 Å². The molecule has 0 radical (unpaired) electrons. The number of nitrogens with zero attached hydrogens (tertiary/aromatic N) is 5. The van der Waals surface area contributed by atoms with Gasteiger partial charge < -0.3 is 5.32 Å². The minimum absolute atomic E-state index is 0.382. The van der Waals surface area contributed by atoms with E-state index in [9.17, 15) is 0 Å². The lowest BCUT2D eigenvalue weighted by Crippen LogP contribution is -2.38. The minimum Gasteiger partial charge on any atom is -0.345 e. The molecule has 1 heterocycles. The van der Waals surface area contributed by atoms with Gasteiger partial charge in [-0.1, -0.05) is 42.5 Å². The second-order valence-electron chi connectivity index (χ2n) is 6.90. The second-order valence-corrected chi connectivity index (χ2v) is 6.90. The molecular weight excluding hydrogens is 348 g/mol. The summed E-state index contributed by atoms with van der Waals surface area (Å²) < 4.78 is 0. The van der Waals surface area contributed by atoms with Crippen LogP contribution in [0.2, 0.25) is 0 Å². The van der Waals surface area contributed by atoms with E-state index in [4.69, 9.17) is 0 Å². The summed E-state index contributed by atoms with van der Waals surface area (Å²) >= 11 is 0. The standard InChI is InChI=1S/C22H20N6/c1-22(2)23-15-14-21(24-22)28-27-20-13-12-19(17-10-6-7-11-18(17)20)26-25-16-8-4-3-5-9-16/h3-15,24H,1-2H3. The van der Waals surface area contributed by atoms with Gasteiger partial charge in [-0.3, -0.25) is 4.99 Å². The lowest BCUT2D eigenvalue weighted by atomic mass is 10.1. The van der Waals surface area contributed by atoms with Crippen LogP contribution in [0.4, 0.5) is 17.1 Å². The average molecular weight is 368 g/mol. The fourth-order valence-corrected chi connectivity index (χ4v) is 2.90. The Morgan fingerprint density at radius 1 is 0.714 bits per heavy atom. The van der Waals surface area contributed by atoms with Crippen molar-refractivity contribution in [3.05, 3.63) is 78.6 Å². The Morgan fingerprint density at radius 3 is 1.96 bits per heavy atom. The fourth-order valence-electron chi connectivity index (χ4n) is 2.90. The van der Waals surface area contributed by atoms with Gasteiger partial charge >= 0.3 is 0 Å². The molecule has 0 aliphatic carbocycles. The number of hydrogen-bond donors (Lipinski definition) is 1. The molecule has 0 fully saturated rings. The highest BCUT2D eigenvalue weighted by molar-refractivity contribution is 5.99. The predicted molar refractivity (Wildman–Crippen MR) is 113 cm³/mol. The average Bonchev–Trinajstić information content (AvgIpc) is 2.71. The lowest BCUT2D eigenvalue weighted by Gasteiger charge is -2.24. The zero-order chi connectivity index (χ0) is 19.4. The smallest absolute Gasteiger partial charge is 0.151 e. The van der Waals surface area contributed by atoms with Gasteiger partial charge in [0.25, 0.3) is 0 Å². The molecule has 0 atom stereocenters. The third-order valence-corrected chi connectivity index (χ3v) is 4.24.